The van der Waals surface area contributed by atoms with Gasteiger partial charge in [0.15, 0.2) is 0 Å². The van der Waals surface area contributed by atoms with Crippen molar-refractivity contribution in [1.82, 2.24) is 0 Å². The van der Waals surface area contributed by atoms with Crippen LogP contribution in [0.15, 0.2) is 53.6 Å². The average molecular weight is 229 g/mol. The molecule has 2 heteroatoms. The van der Waals surface area contributed by atoms with E-state index in [0.29, 0.717) is 0 Å². The molecule has 0 bridgehead atoms. The van der Waals surface area contributed by atoms with Crippen molar-refractivity contribution >= 4 is 29.1 Å². The maximum atomic E-state index is 4.52. The minimum absolute atomic E-state index is 0.976. The first-order valence-corrected chi connectivity index (χ1v) is 5.66. The highest BCUT2D eigenvalue weighted by Crippen LogP contribution is 2.33. The Bertz CT molecular complexity index is 545. The van der Waals surface area contributed by atoms with Gasteiger partial charge in [-0.1, -0.05) is 36.9 Å². The lowest BCUT2D eigenvalue weighted by Crippen LogP contribution is -2.14. The predicted molar refractivity (Wildman–Crippen MR) is 74.4 cm³/mol. The van der Waals surface area contributed by atoms with Crippen molar-refractivity contribution in [2.24, 2.45) is 0 Å². The highest BCUT2D eigenvalue weighted by atomic mass is 32.1. The first kappa shape index (κ1) is 11.1. The molecule has 0 spiro atoms. The Morgan fingerprint density at radius 3 is 2.56 bits per heavy atom. The summed E-state index contributed by atoms with van der Waals surface area (Å²) in [4.78, 5) is 3.05. The molecule has 1 nitrogen and oxygen atoms in total. The maximum Gasteiger partial charge on any atom is 0.0620 e. The second-order valence-electron chi connectivity index (χ2n) is 3.95. The molecule has 0 aromatic heterocycles. The largest absolute Gasteiger partial charge is 0.348 e. The van der Waals surface area contributed by atoms with E-state index in [1.165, 1.54) is 10.8 Å². The van der Waals surface area contributed by atoms with E-state index in [1.807, 2.05) is 32.2 Å². The summed E-state index contributed by atoms with van der Waals surface area (Å²) < 4.78 is 0. The Hall–Kier alpha value is -1.41. The summed E-state index contributed by atoms with van der Waals surface area (Å²) in [6, 6.07) is 12.4. The Morgan fingerprint density at radius 1 is 1.19 bits per heavy atom. The Morgan fingerprint density at radius 2 is 1.88 bits per heavy atom. The molecule has 0 aliphatic heterocycles. The second kappa shape index (κ2) is 4.22. The molecule has 2 aromatic carbocycles. The third kappa shape index (κ3) is 1.81. The standard InChI is InChI=1S/C14H15NS/c1-10(2)15(3)14-12-7-5-4-6-11(12)8-9-13(14)16/h4-9,16H,1H2,2-3H3. The fourth-order valence-corrected chi connectivity index (χ4v) is 2.13. The number of nitrogens with zero attached hydrogens (tertiary/aromatic N) is 1. The lowest BCUT2D eigenvalue weighted by molar-refractivity contribution is 1.09. The lowest BCUT2D eigenvalue weighted by Gasteiger charge is -2.22. The number of rotatable bonds is 2. The number of fused-ring (bicyclic) bond motifs is 1. The van der Waals surface area contributed by atoms with Crippen LogP contribution in [0.25, 0.3) is 10.8 Å². The number of benzene rings is 2. The molecule has 0 heterocycles. The summed E-state index contributed by atoms with van der Waals surface area (Å²) in [5.41, 5.74) is 2.13. The van der Waals surface area contributed by atoms with Gasteiger partial charge in [0.1, 0.15) is 0 Å². The van der Waals surface area contributed by atoms with Crippen molar-refractivity contribution in [3.8, 4) is 0 Å². The molecule has 0 saturated heterocycles. The van der Waals surface area contributed by atoms with Crippen LogP contribution in [0.4, 0.5) is 5.69 Å². The van der Waals surface area contributed by atoms with Crippen molar-refractivity contribution in [2.75, 3.05) is 11.9 Å². The number of allylic oxidation sites excluding steroid dienone is 1. The van der Waals surface area contributed by atoms with Crippen LogP contribution < -0.4 is 4.90 Å². The van der Waals surface area contributed by atoms with Gasteiger partial charge in [0, 0.05) is 23.0 Å². The average Bonchev–Trinajstić information content (AvgIpc) is 2.28. The minimum atomic E-state index is 0.976. The van der Waals surface area contributed by atoms with Crippen molar-refractivity contribution < 1.29 is 0 Å². The summed E-state index contributed by atoms with van der Waals surface area (Å²) in [5, 5.41) is 2.43. The summed E-state index contributed by atoms with van der Waals surface area (Å²) in [5.74, 6) is 0. The number of hydrogen-bond donors (Lipinski definition) is 1. The number of hydrogen-bond acceptors (Lipinski definition) is 2. The number of anilines is 1. The van der Waals surface area contributed by atoms with Gasteiger partial charge in [-0.3, -0.25) is 0 Å². The highest BCUT2D eigenvalue weighted by molar-refractivity contribution is 7.80. The Balaban J connectivity index is 2.75. The molecule has 16 heavy (non-hydrogen) atoms. The minimum Gasteiger partial charge on any atom is -0.348 e. The molecule has 2 aromatic rings. The van der Waals surface area contributed by atoms with Crippen molar-refractivity contribution in [3.05, 3.63) is 48.7 Å². The first-order valence-electron chi connectivity index (χ1n) is 5.21. The SMILES string of the molecule is C=C(C)N(C)c1c(S)ccc2ccccc12. The predicted octanol–water partition coefficient (Wildman–Crippen LogP) is 4.10. The summed E-state index contributed by atoms with van der Waals surface area (Å²) >= 11 is 4.52. The Kier molecular flexibility index (Phi) is 2.92. The molecule has 0 N–H and O–H groups in total. The summed E-state index contributed by atoms with van der Waals surface area (Å²) in [6.45, 7) is 5.97. The molecular formula is C14H15NS. The molecule has 2 rings (SSSR count). The fraction of sp³-hybridized carbons (Fsp3) is 0.143. The molecule has 0 atom stereocenters. The first-order chi connectivity index (χ1) is 7.61. The van der Waals surface area contributed by atoms with Gasteiger partial charge in [-0.15, -0.1) is 12.6 Å². The van der Waals surface area contributed by atoms with Crippen molar-refractivity contribution in [3.63, 3.8) is 0 Å². The zero-order chi connectivity index (χ0) is 11.7. The third-order valence-corrected chi connectivity index (χ3v) is 3.15. The number of thiol groups is 1. The van der Waals surface area contributed by atoms with Crippen LogP contribution in [0.5, 0.6) is 0 Å². The molecule has 82 valence electrons. The van der Waals surface area contributed by atoms with Crippen LogP contribution >= 0.6 is 12.6 Å². The molecule has 0 saturated carbocycles. The van der Waals surface area contributed by atoms with Gasteiger partial charge in [-0.25, -0.2) is 0 Å². The molecule has 0 aliphatic carbocycles. The molecule has 0 radical (unpaired) electrons. The smallest absolute Gasteiger partial charge is 0.0620 e. The monoisotopic (exact) mass is 229 g/mol. The van der Waals surface area contributed by atoms with Crippen LogP contribution in [0, 0.1) is 0 Å². The normalized spacial score (nSPS) is 10.4. The van der Waals surface area contributed by atoms with Gasteiger partial charge in [0.25, 0.3) is 0 Å². The van der Waals surface area contributed by atoms with Crippen LogP contribution in [0.2, 0.25) is 0 Å². The summed E-state index contributed by atoms with van der Waals surface area (Å²) in [7, 11) is 2.02. The van der Waals surface area contributed by atoms with Gasteiger partial charge in [0.2, 0.25) is 0 Å². The van der Waals surface area contributed by atoms with Crippen molar-refractivity contribution in [2.45, 2.75) is 11.8 Å². The van der Waals surface area contributed by atoms with E-state index in [-0.39, 0.29) is 0 Å². The highest BCUT2D eigenvalue weighted by Gasteiger charge is 2.09. The van der Waals surface area contributed by atoms with E-state index in [4.69, 9.17) is 0 Å². The zero-order valence-corrected chi connectivity index (χ0v) is 10.5. The van der Waals surface area contributed by atoms with Gasteiger partial charge in [-0.2, -0.15) is 0 Å². The molecular weight excluding hydrogens is 214 g/mol. The lowest BCUT2D eigenvalue weighted by atomic mass is 10.1. The van der Waals surface area contributed by atoms with E-state index in [1.54, 1.807) is 0 Å². The molecule has 0 amide bonds. The maximum absolute atomic E-state index is 4.52. The van der Waals surface area contributed by atoms with Gasteiger partial charge in [-0.05, 0) is 18.4 Å². The van der Waals surface area contributed by atoms with Crippen LogP contribution in [0.1, 0.15) is 6.92 Å². The zero-order valence-electron chi connectivity index (χ0n) is 9.57. The van der Waals surface area contributed by atoms with E-state index in [0.717, 1.165) is 16.3 Å². The van der Waals surface area contributed by atoms with Gasteiger partial charge >= 0.3 is 0 Å². The quantitative estimate of drug-likeness (QED) is 0.759. The van der Waals surface area contributed by atoms with Gasteiger partial charge < -0.3 is 4.90 Å². The van der Waals surface area contributed by atoms with Crippen LogP contribution in [-0.2, 0) is 0 Å². The topological polar surface area (TPSA) is 3.24 Å². The Labute approximate surface area is 102 Å². The molecule has 0 fully saturated rings. The van der Waals surface area contributed by atoms with E-state index in [9.17, 15) is 0 Å². The van der Waals surface area contributed by atoms with Crippen LogP contribution in [0.3, 0.4) is 0 Å². The third-order valence-electron chi connectivity index (χ3n) is 2.79. The summed E-state index contributed by atoms with van der Waals surface area (Å²) in [6.07, 6.45) is 0. The fourth-order valence-electron chi connectivity index (χ4n) is 1.79. The molecule has 0 unspecified atom stereocenters. The van der Waals surface area contributed by atoms with Crippen molar-refractivity contribution in [1.29, 1.82) is 0 Å². The van der Waals surface area contributed by atoms with E-state index >= 15 is 0 Å². The van der Waals surface area contributed by atoms with E-state index in [2.05, 4.69) is 42.3 Å². The van der Waals surface area contributed by atoms with E-state index < -0.39 is 0 Å². The van der Waals surface area contributed by atoms with Gasteiger partial charge in [0.05, 0.1) is 5.69 Å². The molecule has 0 aliphatic rings. The van der Waals surface area contributed by atoms with Crippen LogP contribution in [-0.4, -0.2) is 7.05 Å². The second-order valence-corrected chi connectivity index (χ2v) is 4.43.